The van der Waals surface area contributed by atoms with Crippen molar-refractivity contribution in [3.63, 3.8) is 0 Å². The van der Waals surface area contributed by atoms with Crippen molar-refractivity contribution in [2.45, 2.75) is 45.9 Å². The first-order valence-electron chi connectivity index (χ1n) is 11.5. The third-order valence-corrected chi connectivity index (χ3v) is 5.92. The van der Waals surface area contributed by atoms with Crippen molar-refractivity contribution in [2.24, 2.45) is 5.92 Å². The minimum Gasteiger partial charge on any atom is -0.472 e. The van der Waals surface area contributed by atoms with E-state index in [0.29, 0.717) is 17.7 Å². The Kier molecular flexibility index (Phi) is 8.09. The molecule has 1 aromatic carbocycles. The van der Waals surface area contributed by atoms with E-state index in [1.807, 2.05) is 20.8 Å². The van der Waals surface area contributed by atoms with Crippen LogP contribution in [0.1, 0.15) is 38.1 Å². The van der Waals surface area contributed by atoms with Crippen LogP contribution in [-0.2, 0) is 0 Å². The highest BCUT2D eigenvalue weighted by molar-refractivity contribution is 5.98. The fraction of sp³-hybridized carbons (Fsp3) is 0.480. The second-order valence-corrected chi connectivity index (χ2v) is 9.16. The van der Waals surface area contributed by atoms with Crippen LogP contribution in [0.4, 0.5) is 9.18 Å². The molecule has 0 fully saturated rings. The standard InChI is InChI=1S/C25H33FN4O4/c1-15(2)28-25(33)29(5)13-22-16(3)12-30(17(4)14-31)24(32)20-10-18(11-27-23(20)34-22)19-8-6-7-9-21(19)26/h6-11,15-17,22,31H,12-14H2,1-5H3,(H,28,33)/t16-,17-,22+/m1/s1. The molecule has 2 N–H and O–H groups in total. The summed E-state index contributed by atoms with van der Waals surface area (Å²) >= 11 is 0. The van der Waals surface area contributed by atoms with Gasteiger partial charge in [0.2, 0.25) is 5.88 Å². The van der Waals surface area contributed by atoms with E-state index in [1.54, 1.807) is 43.1 Å². The lowest BCUT2D eigenvalue weighted by atomic mass is 9.99. The number of aromatic nitrogens is 1. The van der Waals surface area contributed by atoms with Gasteiger partial charge < -0.3 is 25.0 Å². The molecule has 3 atom stereocenters. The van der Waals surface area contributed by atoms with Gasteiger partial charge in [-0.25, -0.2) is 14.2 Å². The Morgan fingerprint density at radius 2 is 2.03 bits per heavy atom. The van der Waals surface area contributed by atoms with Gasteiger partial charge in [-0.1, -0.05) is 25.1 Å². The zero-order valence-corrected chi connectivity index (χ0v) is 20.3. The zero-order chi connectivity index (χ0) is 25.0. The Morgan fingerprint density at radius 1 is 1.32 bits per heavy atom. The van der Waals surface area contributed by atoms with Crippen molar-refractivity contribution in [1.29, 1.82) is 0 Å². The van der Waals surface area contributed by atoms with Gasteiger partial charge in [0, 0.05) is 42.9 Å². The van der Waals surface area contributed by atoms with Crippen LogP contribution in [-0.4, -0.2) is 76.8 Å². The number of nitrogens with zero attached hydrogens (tertiary/aromatic N) is 3. The number of carbonyl (C=O) groups is 2. The van der Waals surface area contributed by atoms with E-state index in [2.05, 4.69) is 10.3 Å². The minimum atomic E-state index is -0.463. The smallest absolute Gasteiger partial charge is 0.317 e. The van der Waals surface area contributed by atoms with Gasteiger partial charge in [-0.3, -0.25) is 4.79 Å². The first kappa shape index (κ1) is 25.4. The number of hydrogen-bond acceptors (Lipinski definition) is 5. The van der Waals surface area contributed by atoms with E-state index >= 15 is 0 Å². The highest BCUT2D eigenvalue weighted by atomic mass is 19.1. The molecule has 1 aromatic heterocycles. The van der Waals surface area contributed by atoms with Gasteiger partial charge in [-0.15, -0.1) is 0 Å². The number of benzene rings is 1. The largest absolute Gasteiger partial charge is 0.472 e. The lowest BCUT2D eigenvalue weighted by Gasteiger charge is -2.37. The summed E-state index contributed by atoms with van der Waals surface area (Å²) in [5, 5.41) is 12.6. The van der Waals surface area contributed by atoms with Crippen molar-refractivity contribution in [3.8, 4) is 17.0 Å². The molecular weight excluding hydrogens is 439 g/mol. The summed E-state index contributed by atoms with van der Waals surface area (Å²) < 4.78 is 20.6. The van der Waals surface area contributed by atoms with Crippen molar-refractivity contribution in [1.82, 2.24) is 20.1 Å². The number of urea groups is 1. The summed E-state index contributed by atoms with van der Waals surface area (Å²) in [6, 6.07) is 7.16. The summed E-state index contributed by atoms with van der Waals surface area (Å²) in [5.74, 6) is -0.810. The molecule has 3 amide bonds. The molecule has 0 saturated carbocycles. The van der Waals surface area contributed by atoms with Crippen LogP contribution in [0.3, 0.4) is 0 Å². The molecule has 184 valence electrons. The summed E-state index contributed by atoms with van der Waals surface area (Å²) in [6.45, 7) is 7.83. The highest BCUT2D eigenvalue weighted by Gasteiger charge is 2.35. The second-order valence-electron chi connectivity index (χ2n) is 9.16. The van der Waals surface area contributed by atoms with Crippen LogP contribution in [0, 0.1) is 11.7 Å². The number of pyridine rings is 1. The van der Waals surface area contributed by atoms with Crippen LogP contribution in [0.2, 0.25) is 0 Å². The van der Waals surface area contributed by atoms with Gasteiger partial charge in [-0.05, 0) is 32.9 Å². The number of fused-ring (bicyclic) bond motifs is 1. The Hall–Kier alpha value is -3.20. The highest BCUT2D eigenvalue weighted by Crippen LogP contribution is 2.31. The molecule has 0 aliphatic carbocycles. The minimum absolute atomic E-state index is 0.0108. The molecule has 1 aliphatic rings. The Labute approximate surface area is 199 Å². The Balaban J connectivity index is 2.00. The SMILES string of the molecule is CC(C)NC(=O)N(C)C[C@@H]1Oc2ncc(-c3ccccc3F)cc2C(=O)N([C@H](C)CO)C[C@H]1C. The fourth-order valence-electron chi connectivity index (χ4n) is 3.87. The Bertz CT molecular complexity index is 1030. The number of ether oxygens (including phenoxy) is 1. The van der Waals surface area contributed by atoms with Crippen LogP contribution in [0.25, 0.3) is 11.1 Å². The van der Waals surface area contributed by atoms with E-state index in [-0.39, 0.29) is 48.5 Å². The molecule has 0 spiro atoms. The first-order chi connectivity index (χ1) is 16.1. The fourth-order valence-corrected chi connectivity index (χ4v) is 3.87. The predicted molar refractivity (Wildman–Crippen MR) is 127 cm³/mol. The van der Waals surface area contributed by atoms with Crippen molar-refractivity contribution in [3.05, 3.63) is 47.9 Å². The van der Waals surface area contributed by atoms with Crippen molar-refractivity contribution in [2.75, 3.05) is 26.7 Å². The number of likely N-dealkylation sites (N-methyl/N-ethyl adjacent to an activating group) is 1. The van der Waals surface area contributed by atoms with Crippen molar-refractivity contribution >= 4 is 11.9 Å². The average Bonchev–Trinajstić information content (AvgIpc) is 2.80. The molecule has 0 bridgehead atoms. The lowest BCUT2D eigenvalue weighted by molar-refractivity contribution is 0.0352. The number of nitrogens with one attached hydrogen (secondary N) is 1. The van der Waals surface area contributed by atoms with Gasteiger partial charge in [0.05, 0.1) is 19.2 Å². The van der Waals surface area contributed by atoms with E-state index < -0.39 is 18.0 Å². The third-order valence-electron chi connectivity index (χ3n) is 5.92. The molecule has 34 heavy (non-hydrogen) atoms. The maximum atomic E-state index is 14.4. The van der Waals surface area contributed by atoms with E-state index in [9.17, 15) is 19.1 Å². The van der Waals surface area contributed by atoms with Crippen LogP contribution >= 0.6 is 0 Å². The second kappa shape index (κ2) is 10.8. The van der Waals surface area contributed by atoms with Gasteiger partial charge in [0.25, 0.3) is 5.91 Å². The van der Waals surface area contributed by atoms with Crippen LogP contribution < -0.4 is 10.1 Å². The first-order valence-corrected chi connectivity index (χ1v) is 11.5. The maximum Gasteiger partial charge on any atom is 0.317 e. The van der Waals surface area contributed by atoms with E-state index in [1.165, 1.54) is 17.2 Å². The number of aliphatic hydroxyl groups excluding tert-OH is 1. The van der Waals surface area contributed by atoms with Gasteiger partial charge in [0.15, 0.2) is 0 Å². The molecule has 2 heterocycles. The van der Waals surface area contributed by atoms with Gasteiger partial charge >= 0.3 is 6.03 Å². The predicted octanol–water partition coefficient (Wildman–Crippen LogP) is 3.16. The molecule has 9 heteroatoms. The topological polar surface area (TPSA) is 95.0 Å². The molecule has 3 rings (SSSR count). The number of rotatable bonds is 6. The molecule has 0 radical (unpaired) electrons. The quantitative estimate of drug-likeness (QED) is 0.674. The normalized spacial score (nSPS) is 19.1. The summed E-state index contributed by atoms with van der Waals surface area (Å²) in [5.41, 5.74) is 0.959. The number of amides is 3. The summed E-state index contributed by atoms with van der Waals surface area (Å²) in [4.78, 5) is 33.4. The summed E-state index contributed by atoms with van der Waals surface area (Å²) in [6.07, 6.45) is 1.01. The molecule has 0 unspecified atom stereocenters. The molecule has 2 aromatic rings. The zero-order valence-electron chi connectivity index (χ0n) is 20.3. The maximum absolute atomic E-state index is 14.4. The number of halogens is 1. The van der Waals surface area contributed by atoms with Gasteiger partial charge in [-0.2, -0.15) is 0 Å². The average molecular weight is 473 g/mol. The number of aliphatic hydroxyl groups is 1. The van der Waals surface area contributed by atoms with Crippen LogP contribution in [0.15, 0.2) is 36.5 Å². The van der Waals surface area contributed by atoms with E-state index in [4.69, 9.17) is 4.74 Å². The number of carbonyl (C=O) groups excluding carboxylic acids is 2. The van der Waals surface area contributed by atoms with Gasteiger partial charge in [0.1, 0.15) is 17.5 Å². The van der Waals surface area contributed by atoms with Crippen molar-refractivity contribution < 1.29 is 23.8 Å². The molecular formula is C25H33FN4O4. The lowest BCUT2D eigenvalue weighted by Crippen LogP contribution is -2.51. The molecule has 0 saturated heterocycles. The third kappa shape index (κ3) is 5.64. The summed E-state index contributed by atoms with van der Waals surface area (Å²) in [7, 11) is 1.68. The number of hydrogen-bond donors (Lipinski definition) is 2. The monoisotopic (exact) mass is 472 g/mol. The molecule has 8 nitrogen and oxygen atoms in total. The Morgan fingerprint density at radius 3 is 2.68 bits per heavy atom. The molecule has 1 aliphatic heterocycles. The van der Waals surface area contributed by atoms with Crippen LogP contribution in [0.5, 0.6) is 5.88 Å². The van der Waals surface area contributed by atoms with E-state index in [0.717, 1.165) is 0 Å².